The highest BCUT2D eigenvalue weighted by atomic mass is 35.5. The molecule has 2 aliphatic rings. The summed E-state index contributed by atoms with van der Waals surface area (Å²) in [4.78, 5) is 33.5. The molecular formula is C25H26ClN3O2. The van der Waals surface area contributed by atoms with Crippen molar-refractivity contribution < 1.29 is 4.79 Å². The number of H-pyrrole nitrogens is 1. The number of hydrogen-bond acceptors (Lipinski definition) is 3. The molecule has 0 aliphatic carbocycles. The van der Waals surface area contributed by atoms with Gasteiger partial charge in [-0.15, -0.1) is 0 Å². The predicted octanol–water partition coefficient (Wildman–Crippen LogP) is 4.69. The molecule has 0 spiro atoms. The van der Waals surface area contributed by atoms with Gasteiger partial charge in [-0.1, -0.05) is 41.9 Å². The number of nitrogens with one attached hydrogen (secondary N) is 1. The molecule has 3 aromatic rings. The molecule has 160 valence electrons. The molecule has 1 N–H and O–H groups in total. The molecule has 2 fully saturated rings. The Hall–Kier alpha value is -2.79. The summed E-state index contributed by atoms with van der Waals surface area (Å²) in [6.07, 6.45) is 3.95. The molecule has 0 radical (unpaired) electrons. The van der Waals surface area contributed by atoms with Gasteiger partial charge in [0, 0.05) is 47.7 Å². The van der Waals surface area contributed by atoms with E-state index in [1.54, 1.807) is 6.07 Å². The summed E-state index contributed by atoms with van der Waals surface area (Å²) in [5, 5.41) is 1.55. The molecule has 0 saturated carbocycles. The summed E-state index contributed by atoms with van der Waals surface area (Å²) in [7, 11) is 0. The van der Waals surface area contributed by atoms with Crippen LogP contribution in [-0.2, 0) is 4.79 Å². The average molecular weight is 436 g/mol. The second kappa shape index (κ2) is 8.39. The third kappa shape index (κ3) is 3.83. The Labute approximate surface area is 186 Å². The van der Waals surface area contributed by atoms with E-state index in [0.717, 1.165) is 67.3 Å². The van der Waals surface area contributed by atoms with E-state index in [0.29, 0.717) is 17.3 Å². The number of piperidine rings is 1. The molecule has 1 aromatic heterocycles. The normalized spacial score (nSPS) is 19.2. The average Bonchev–Trinajstić information content (AvgIpc) is 3.34. The van der Waals surface area contributed by atoms with Gasteiger partial charge in [0.25, 0.3) is 5.56 Å². The number of aromatic amines is 1. The van der Waals surface area contributed by atoms with Gasteiger partial charge in [-0.05, 0) is 49.4 Å². The Morgan fingerprint density at radius 2 is 1.77 bits per heavy atom. The van der Waals surface area contributed by atoms with E-state index >= 15 is 0 Å². The minimum absolute atomic E-state index is 0.0649. The second-order valence-corrected chi connectivity index (χ2v) is 8.99. The summed E-state index contributed by atoms with van der Waals surface area (Å²) in [6.45, 7) is 3.06. The first-order chi connectivity index (χ1) is 15.1. The molecule has 5 rings (SSSR count). The van der Waals surface area contributed by atoms with E-state index in [1.165, 1.54) is 0 Å². The van der Waals surface area contributed by atoms with Crippen LogP contribution < -0.4 is 10.5 Å². The maximum atomic E-state index is 13.3. The third-order valence-corrected chi connectivity index (χ3v) is 6.75. The molecule has 2 saturated heterocycles. The molecule has 1 unspecified atom stereocenters. The number of carbonyl (C=O) groups is 1. The highest BCUT2D eigenvalue weighted by Gasteiger charge is 2.32. The number of likely N-dealkylation sites (tertiary alicyclic amines) is 1. The first kappa shape index (κ1) is 20.1. The van der Waals surface area contributed by atoms with Gasteiger partial charge in [-0.3, -0.25) is 9.59 Å². The molecule has 6 heteroatoms. The van der Waals surface area contributed by atoms with E-state index in [-0.39, 0.29) is 17.4 Å². The van der Waals surface area contributed by atoms with E-state index in [4.69, 9.17) is 11.6 Å². The van der Waals surface area contributed by atoms with Gasteiger partial charge in [0.05, 0.1) is 5.92 Å². The molecule has 3 heterocycles. The number of aromatic nitrogens is 1. The molecule has 1 amide bonds. The van der Waals surface area contributed by atoms with Crippen LogP contribution in [0.25, 0.3) is 22.0 Å². The van der Waals surface area contributed by atoms with Crippen molar-refractivity contribution in [1.29, 1.82) is 0 Å². The lowest BCUT2D eigenvalue weighted by molar-refractivity contribution is -0.134. The highest BCUT2D eigenvalue weighted by Crippen LogP contribution is 2.37. The number of carbonyl (C=O) groups excluding carboxylic acids is 1. The lowest BCUT2D eigenvalue weighted by Gasteiger charge is -2.36. The minimum Gasteiger partial charge on any atom is -0.366 e. The van der Waals surface area contributed by atoms with Crippen LogP contribution in [0, 0.1) is 5.92 Å². The van der Waals surface area contributed by atoms with Crippen molar-refractivity contribution in [1.82, 2.24) is 9.88 Å². The highest BCUT2D eigenvalue weighted by molar-refractivity contribution is 6.31. The zero-order valence-corrected chi connectivity index (χ0v) is 18.2. The van der Waals surface area contributed by atoms with Crippen molar-refractivity contribution in [2.45, 2.75) is 25.7 Å². The Bertz CT molecular complexity index is 1170. The smallest absolute Gasteiger partial charge is 0.272 e. The van der Waals surface area contributed by atoms with Crippen LogP contribution >= 0.6 is 11.6 Å². The second-order valence-electron chi connectivity index (χ2n) is 8.55. The van der Waals surface area contributed by atoms with Crippen molar-refractivity contribution in [2.24, 2.45) is 5.92 Å². The fraction of sp³-hybridized carbons (Fsp3) is 0.360. The number of rotatable bonds is 3. The van der Waals surface area contributed by atoms with Gasteiger partial charge in [-0.2, -0.15) is 0 Å². The first-order valence-electron chi connectivity index (χ1n) is 11.1. The fourth-order valence-electron chi connectivity index (χ4n) is 5.03. The van der Waals surface area contributed by atoms with E-state index in [9.17, 15) is 9.59 Å². The van der Waals surface area contributed by atoms with Gasteiger partial charge in [0.1, 0.15) is 5.69 Å². The van der Waals surface area contributed by atoms with Crippen molar-refractivity contribution in [3.05, 3.63) is 63.9 Å². The van der Waals surface area contributed by atoms with Gasteiger partial charge >= 0.3 is 0 Å². The lowest BCUT2D eigenvalue weighted by atomic mass is 9.93. The summed E-state index contributed by atoms with van der Waals surface area (Å²) in [5.41, 5.74) is 3.14. The quantitative estimate of drug-likeness (QED) is 0.649. The number of nitrogens with zero attached hydrogens (tertiary/aromatic N) is 2. The predicted molar refractivity (Wildman–Crippen MR) is 126 cm³/mol. The SMILES string of the molecule is O=C(C1CCCN(c2c(-c3ccccc3)c3cc(Cl)ccc3[nH]c2=O)C1)N1CCCC1. The molecule has 2 aromatic carbocycles. The number of benzene rings is 2. The maximum absolute atomic E-state index is 13.3. The molecule has 1 atom stereocenters. The molecule has 2 aliphatic heterocycles. The van der Waals surface area contributed by atoms with Gasteiger partial charge in [-0.25, -0.2) is 0 Å². The largest absolute Gasteiger partial charge is 0.366 e. The van der Waals surface area contributed by atoms with Crippen molar-refractivity contribution >= 4 is 34.1 Å². The van der Waals surface area contributed by atoms with Crippen LogP contribution in [0.5, 0.6) is 0 Å². The zero-order chi connectivity index (χ0) is 21.4. The fourth-order valence-corrected chi connectivity index (χ4v) is 5.20. The molecule has 0 bridgehead atoms. The monoisotopic (exact) mass is 435 g/mol. The van der Waals surface area contributed by atoms with E-state index in [1.807, 2.05) is 47.4 Å². The topological polar surface area (TPSA) is 56.4 Å². The maximum Gasteiger partial charge on any atom is 0.272 e. The Morgan fingerprint density at radius 3 is 2.55 bits per heavy atom. The van der Waals surface area contributed by atoms with Gasteiger partial charge in [0.2, 0.25) is 5.91 Å². The number of anilines is 1. The molecular weight excluding hydrogens is 410 g/mol. The lowest BCUT2D eigenvalue weighted by Crippen LogP contribution is -2.45. The molecule has 5 nitrogen and oxygen atoms in total. The van der Waals surface area contributed by atoms with Crippen LogP contribution in [0.1, 0.15) is 25.7 Å². The van der Waals surface area contributed by atoms with Gasteiger partial charge < -0.3 is 14.8 Å². The van der Waals surface area contributed by atoms with Crippen LogP contribution in [0.2, 0.25) is 5.02 Å². The number of hydrogen-bond donors (Lipinski definition) is 1. The van der Waals surface area contributed by atoms with E-state index < -0.39 is 0 Å². The summed E-state index contributed by atoms with van der Waals surface area (Å²) in [5.74, 6) is 0.175. The summed E-state index contributed by atoms with van der Waals surface area (Å²) in [6, 6.07) is 15.5. The number of fused-ring (bicyclic) bond motifs is 1. The summed E-state index contributed by atoms with van der Waals surface area (Å²) < 4.78 is 0. The van der Waals surface area contributed by atoms with Crippen LogP contribution in [-0.4, -0.2) is 42.0 Å². The third-order valence-electron chi connectivity index (χ3n) is 6.52. The summed E-state index contributed by atoms with van der Waals surface area (Å²) >= 11 is 6.34. The number of amides is 1. The Balaban J connectivity index is 1.61. The molecule has 31 heavy (non-hydrogen) atoms. The van der Waals surface area contributed by atoms with Gasteiger partial charge in [0.15, 0.2) is 0 Å². The Kier molecular flexibility index (Phi) is 5.45. The van der Waals surface area contributed by atoms with Crippen molar-refractivity contribution in [2.75, 3.05) is 31.1 Å². The standard InChI is InChI=1S/C25H26ClN3O2/c26-19-10-11-21-20(15-19)22(17-7-2-1-3-8-17)23(24(30)27-21)29-14-6-9-18(16-29)25(31)28-12-4-5-13-28/h1-3,7-8,10-11,15,18H,4-6,9,12-14,16H2,(H,27,30). The van der Waals surface area contributed by atoms with E-state index in [2.05, 4.69) is 9.88 Å². The zero-order valence-electron chi connectivity index (χ0n) is 17.4. The minimum atomic E-state index is -0.122. The van der Waals surface area contributed by atoms with Crippen LogP contribution in [0.3, 0.4) is 0 Å². The number of halogens is 1. The van der Waals surface area contributed by atoms with Crippen LogP contribution in [0.15, 0.2) is 53.3 Å². The van der Waals surface area contributed by atoms with Crippen molar-refractivity contribution in [3.8, 4) is 11.1 Å². The Morgan fingerprint density at radius 1 is 1.00 bits per heavy atom. The number of pyridine rings is 1. The van der Waals surface area contributed by atoms with Crippen LogP contribution in [0.4, 0.5) is 5.69 Å². The first-order valence-corrected chi connectivity index (χ1v) is 11.4. The van der Waals surface area contributed by atoms with Crippen molar-refractivity contribution in [3.63, 3.8) is 0 Å².